The first-order chi connectivity index (χ1) is 6.27. The van der Waals surface area contributed by atoms with E-state index >= 15 is 0 Å². The van der Waals surface area contributed by atoms with E-state index in [2.05, 4.69) is 29.3 Å². The zero-order chi connectivity index (χ0) is 9.26. The normalized spacial score (nSPS) is 10.2. The number of aryl methyl sites for hydroxylation is 1. The molecule has 0 bridgehead atoms. The van der Waals surface area contributed by atoms with Crippen LogP contribution in [0.3, 0.4) is 0 Å². The molecule has 0 radical (unpaired) electrons. The highest BCUT2D eigenvalue weighted by Crippen LogP contribution is 2.23. The van der Waals surface area contributed by atoms with Crippen LogP contribution in [0.1, 0.15) is 5.56 Å². The smallest absolute Gasteiger partial charge is 0.126 e. The van der Waals surface area contributed by atoms with Crippen molar-refractivity contribution >= 4 is 5.82 Å². The number of rotatable bonds is 1. The monoisotopic (exact) mass is 173 g/mol. The molecule has 0 aliphatic heterocycles. The summed E-state index contributed by atoms with van der Waals surface area (Å²) in [7, 11) is 0. The van der Waals surface area contributed by atoms with E-state index in [0.717, 1.165) is 11.1 Å². The Hall–Kier alpha value is -1.77. The van der Waals surface area contributed by atoms with Crippen LogP contribution in [0.25, 0.3) is 11.1 Å². The van der Waals surface area contributed by atoms with Crippen molar-refractivity contribution in [3.05, 3.63) is 36.0 Å². The molecule has 0 fully saturated rings. The van der Waals surface area contributed by atoms with Gasteiger partial charge in [0.1, 0.15) is 5.82 Å². The zero-order valence-corrected chi connectivity index (χ0v) is 7.41. The van der Waals surface area contributed by atoms with Gasteiger partial charge in [-0.25, -0.2) is 0 Å². The average molecular weight is 173 g/mol. The van der Waals surface area contributed by atoms with Crippen LogP contribution in [0.5, 0.6) is 0 Å². The van der Waals surface area contributed by atoms with Gasteiger partial charge in [-0.2, -0.15) is 5.10 Å². The number of H-pyrrole nitrogens is 1. The molecule has 0 amide bonds. The predicted octanol–water partition coefficient (Wildman–Crippen LogP) is 1.97. The summed E-state index contributed by atoms with van der Waals surface area (Å²) in [6.07, 6.45) is 1.74. The summed E-state index contributed by atoms with van der Waals surface area (Å²) in [6, 6.07) is 8.19. The summed E-state index contributed by atoms with van der Waals surface area (Å²) in [6.45, 7) is 2.06. The lowest BCUT2D eigenvalue weighted by Crippen LogP contribution is -1.87. The molecule has 2 aromatic rings. The second-order valence-corrected chi connectivity index (χ2v) is 3.06. The molecule has 3 N–H and O–H groups in total. The van der Waals surface area contributed by atoms with Crippen molar-refractivity contribution in [2.75, 3.05) is 5.73 Å². The molecule has 0 saturated heterocycles. The highest BCUT2D eigenvalue weighted by Gasteiger charge is 2.02. The van der Waals surface area contributed by atoms with Gasteiger partial charge in [0, 0.05) is 5.56 Å². The Bertz CT molecular complexity index is 400. The molecular formula is C10H11N3. The average Bonchev–Trinajstić information content (AvgIpc) is 2.53. The van der Waals surface area contributed by atoms with E-state index in [4.69, 9.17) is 5.73 Å². The predicted molar refractivity (Wildman–Crippen MR) is 53.2 cm³/mol. The van der Waals surface area contributed by atoms with Crippen molar-refractivity contribution in [3.63, 3.8) is 0 Å². The van der Waals surface area contributed by atoms with Gasteiger partial charge >= 0.3 is 0 Å². The lowest BCUT2D eigenvalue weighted by molar-refractivity contribution is 1.10. The summed E-state index contributed by atoms with van der Waals surface area (Å²) in [5.74, 6) is 0.615. The molecule has 1 aromatic heterocycles. The number of nitrogen functional groups attached to an aromatic ring is 1. The van der Waals surface area contributed by atoms with Crippen molar-refractivity contribution in [3.8, 4) is 11.1 Å². The van der Waals surface area contributed by atoms with Crippen molar-refractivity contribution in [2.45, 2.75) is 6.92 Å². The van der Waals surface area contributed by atoms with Gasteiger partial charge in [0.15, 0.2) is 0 Å². The van der Waals surface area contributed by atoms with Gasteiger partial charge in [0.05, 0.1) is 6.20 Å². The van der Waals surface area contributed by atoms with Crippen LogP contribution in [-0.2, 0) is 0 Å². The first kappa shape index (κ1) is 7.86. The van der Waals surface area contributed by atoms with Crippen LogP contribution in [0.15, 0.2) is 30.5 Å². The first-order valence-electron chi connectivity index (χ1n) is 4.13. The Labute approximate surface area is 76.6 Å². The van der Waals surface area contributed by atoms with E-state index in [9.17, 15) is 0 Å². The third-order valence-corrected chi connectivity index (χ3v) is 2.03. The number of hydrogen-bond donors (Lipinski definition) is 2. The van der Waals surface area contributed by atoms with Crippen molar-refractivity contribution < 1.29 is 0 Å². The van der Waals surface area contributed by atoms with Gasteiger partial charge < -0.3 is 5.73 Å². The highest BCUT2D eigenvalue weighted by molar-refractivity contribution is 5.72. The Morgan fingerprint density at radius 1 is 1.23 bits per heavy atom. The third-order valence-electron chi connectivity index (χ3n) is 2.03. The van der Waals surface area contributed by atoms with E-state index in [0.29, 0.717) is 5.82 Å². The maximum Gasteiger partial charge on any atom is 0.126 e. The molecule has 0 unspecified atom stereocenters. The number of nitrogens with one attached hydrogen (secondary N) is 1. The Balaban J connectivity index is 2.47. The van der Waals surface area contributed by atoms with E-state index in [1.165, 1.54) is 5.56 Å². The van der Waals surface area contributed by atoms with Gasteiger partial charge in [0.2, 0.25) is 0 Å². The first-order valence-corrected chi connectivity index (χ1v) is 4.13. The van der Waals surface area contributed by atoms with Crippen LogP contribution >= 0.6 is 0 Å². The van der Waals surface area contributed by atoms with Crippen LogP contribution < -0.4 is 5.73 Å². The van der Waals surface area contributed by atoms with Crippen LogP contribution in [0.2, 0.25) is 0 Å². The molecule has 0 spiro atoms. The Morgan fingerprint density at radius 3 is 2.46 bits per heavy atom. The standard InChI is InChI=1S/C10H11N3/c1-7-2-4-8(5-3-7)9-6-12-13-10(9)11/h2-6H,1H3,(H3,11,12,13). The second-order valence-electron chi connectivity index (χ2n) is 3.06. The number of aromatic nitrogens is 2. The fourth-order valence-corrected chi connectivity index (χ4v) is 1.26. The Morgan fingerprint density at radius 2 is 1.92 bits per heavy atom. The van der Waals surface area contributed by atoms with Crippen LogP contribution in [-0.4, -0.2) is 10.2 Å². The summed E-state index contributed by atoms with van der Waals surface area (Å²) in [5, 5.41) is 6.58. The third kappa shape index (κ3) is 1.40. The fraction of sp³-hybridized carbons (Fsp3) is 0.100. The maximum atomic E-state index is 5.69. The van der Waals surface area contributed by atoms with E-state index < -0.39 is 0 Å². The highest BCUT2D eigenvalue weighted by atomic mass is 15.1. The number of nitrogens with zero attached hydrogens (tertiary/aromatic N) is 1. The van der Waals surface area contributed by atoms with Crippen molar-refractivity contribution in [1.82, 2.24) is 10.2 Å². The lowest BCUT2D eigenvalue weighted by Gasteiger charge is -1.98. The quantitative estimate of drug-likeness (QED) is 0.692. The summed E-state index contributed by atoms with van der Waals surface area (Å²) < 4.78 is 0. The largest absolute Gasteiger partial charge is 0.384 e. The number of benzene rings is 1. The maximum absolute atomic E-state index is 5.69. The number of nitrogens with two attached hydrogens (primary N) is 1. The molecule has 1 aromatic carbocycles. The zero-order valence-electron chi connectivity index (χ0n) is 7.41. The molecule has 3 nitrogen and oxygen atoms in total. The summed E-state index contributed by atoms with van der Waals surface area (Å²) in [4.78, 5) is 0. The number of anilines is 1. The number of hydrogen-bond acceptors (Lipinski definition) is 2. The van der Waals surface area contributed by atoms with Gasteiger partial charge in [-0.1, -0.05) is 29.8 Å². The van der Waals surface area contributed by atoms with Crippen molar-refractivity contribution in [2.24, 2.45) is 0 Å². The molecule has 0 atom stereocenters. The number of aromatic amines is 1. The van der Waals surface area contributed by atoms with Crippen LogP contribution in [0.4, 0.5) is 5.82 Å². The SMILES string of the molecule is Cc1ccc(-c2cn[nH]c2N)cc1. The van der Waals surface area contributed by atoms with Gasteiger partial charge in [0.25, 0.3) is 0 Å². The Kier molecular flexibility index (Phi) is 1.77. The van der Waals surface area contributed by atoms with E-state index in [-0.39, 0.29) is 0 Å². The topological polar surface area (TPSA) is 54.7 Å². The minimum absolute atomic E-state index is 0.615. The molecule has 3 heteroatoms. The van der Waals surface area contributed by atoms with E-state index in [1.807, 2.05) is 12.1 Å². The van der Waals surface area contributed by atoms with Gasteiger partial charge in [-0.3, -0.25) is 5.10 Å². The van der Waals surface area contributed by atoms with Crippen molar-refractivity contribution in [1.29, 1.82) is 0 Å². The minimum Gasteiger partial charge on any atom is -0.384 e. The second kappa shape index (κ2) is 2.94. The van der Waals surface area contributed by atoms with E-state index in [1.54, 1.807) is 6.20 Å². The molecule has 0 aliphatic carbocycles. The fourth-order valence-electron chi connectivity index (χ4n) is 1.26. The van der Waals surface area contributed by atoms with Crippen LogP contribution in [0, 0.1) is 6.92 Å². The lowest BCUT2D eigenvalue weighted by atomic mass is 10.1. The molecule has 1 heterocycles. The van der Waals surface area contributed by atoms with Gasteiger partial charge in [-0.05, 0) is 12.5 Å². The molecule has 0 saturated carbocycles. The molecular weight excluding hydrogens is 162 g/mol. The molecule has 13 heavy (non-hydrogen) atoms. The minimum atomic E-state index is 0.615. The summed E-state index contributed by atoms with van der Waals surface area (Å²) >= 11 is 0. The summed E-state index contributed by atoms with van der Waals surface area (Å²) in [5.41, 5.74) is 8.99. The van der Waals surface area contributed by atoms with Gasteiger partial charge in [-0.15, -0.1) is 0 Å². The molecule has 2 rings (SSSR count). The molecule has 0 aliphatic rings. The molecule has 66 valence electrons.